The van der Waals surface area contributed by atoms with Gasteiger partial charge < -0.3 is 0 Å². The van der Waals surface area contributed by atoms with E-state index in [-0.39, 0.29) is 11.4 Å². The molecule has 3 rings (SSSR count). The van der Waals surface area contributed by atoms with Crippen LogP contribution in [-0.2, 0) is 14.8 Å². The van der Waals surface area contributed by atoms with Gasteiger partial charge in [0.2, 0.25) is 10.0 Å². The van der Waals surface area contributed by atoms with Crippen molar-refractivity contribution in [3.05, 3.63) is 76.4 Å². The van der Waals surface area contributed by atoms with Crippen LogP contribution in [-0.4, -0.2) is 25.6 Å². The third-order valence-electron chi connectivity index (χ3n) is 4.71. The monoisotopic (exact) mass is 355 g/mol. The van der Waals surface area contributed by atoms with Crippen molar-refractivity contribution in [3.8, 4) is 0 Å². The smallest absolute Gasteiger partial charge is 0.244 e. The highest BCUT2D eigenvalue weighted by Crippen LogP contribution is 2.40. The molecule has 0 aliphatic carbocycles. The van der Waals surface area contributed by atoms with Crippen molar-refractivity contribution in [3.63, 3.8) is 0 Å². The molecule has 4 nitrogen and oxygen atoms in total. The van der Waals surface area contributed by atoms with Gasteiger partial charge in [0, 0.05) is 12.1 Å². The van der Waals surface area contributed by atoms with Gasteiger partial charge in [0.25, 0.3) is 0 Å². The van der Waals surface area contributed by atoms with Crippen LogP contribution < -0.4 is 0 Å². The second kappa shape index (κ2) is 6.58. The Kier molecular flexibility index (Phi) is 4.62. The number of benzene rings is 2. The molecule has 0 saturated carbocycles. The van der Waals surface area contributed by atoms with Gasteiger partial charge in [0.05, 0.1) is 10.9 Å². The number of hydrogen-bond donors (Lipinski definition) is 0. The molecule has 2 aromatic rings. The molecule has 1 aliphatic heterocycles. The predicted molar refractivity (Wildman–Crippen MR) is 97.8 cm³/mol. The van der Waals surface area contributed by atoms with E-state index in [0.29, 0.717) is 5.57 Å². The minimum Gasteiger partial charge on any atom is -0.298 e. The summed E-state index contributed by atoms with van der Waals surface area (Å²) in [6, 6.07) is 13.8. The maximum Gasteiger partial charge on any atom is 0.244 e. The van der Waals surface area contributed by atoms with Gasteiger partial charge in [-0.3, -0.25) is 4.79 Å². The van der Waals surface area contributed by atoms with E-state index >= 15 is 0 Å². The summed E-state index contributed by atoms with van der Waals surface area (Å²) in [6.07, 6.45) is 0.789. The molecule has 0 spiro atoms. The Morgan fingerprint density at radius 3 is 2.24 bits per heavy atom. The zero-order valence-electron chi connectivity index (χ0n) is 14.6. The van der Waals surface area contributed by atoms with E-state index < -0.39 is 16.1 Å². The Bertz CT molecular complexity index is 943. The Labute approximate surface area is 148 Å². The molecule has 0 saturated heterocycles. The number of nitrogens with zero attached hydrogens (tertiary/aromatic N) is 1. The number of carbonyl (C=O) groups excluding carboxylic acids is 1. The Morgan fingerprint density at radius 1 is 1.00 bits per heavy atom. The van der Waals surface area contributed by atoms with Crippen molar-refractivity contribution in [2.24, 2.45) is 0 Å². The minimum atomic E-state index is -3.71. The first-order valence-corrected chi connectivity index (χ1v) is 9.59. The first kappa shape index (κ1) is 17.6. The first-order chi connectivity index (χ1) is 11.9. The van der Waals surface area contributed by atoms with Gasteiger partial charge >= 0.3 is 0 Å². The quantitative estimate of drug-likeness (QED) is 0.788. The molecular weight excluding hydrogens is 334 g/mol. The summed E-state index contributed by atoms with van der Waals surface area (Å²) in [5.41, 5.74) is 4.13. The summed E-state index contributed by atoms with van der Waals surface area (Å²) >= 11 is 0. The topological polar surface area (TPSA) is 54.5 Å². The number of carbonyl (C=O) groups is 1. The standard InChI is InChI=1S/C20H21NO3S/c1-14-8-10-17(11-9-14)25(23,24)21-12-16(3)19(13-22)20(21)18-7-5-4-6-15(18)2/h4-11,13,20H,12H2,1-3H3/t20-/m1/s1. The highest BCUT2D eigenvalue weighted by molar-refractivity contribution is 7.89. The van der Waals surface area contributed by atoms with Crippen molar-refractivity contribution < 1.29 is 13.2 Å². The Balaban J connectivity index is 2.13. The van der Waals surface area contributed by atoms with Gasteiger partial charge in [-0.1, -0.05) is 42.0 Å². The van der Waals surface area contributed by atoms with Crippen LogP contribution in [0.2, 0.25) is 0 Å². The van der Waals surface area contributed by atoms with Crippen LogP contribution >= 0.6 is 0 Å². The first-order valence-electron chi connectivity index (χ1n) is 8.15. The number of rotatable bonds is 4. The number of aldehydes is 1. The lowest BCUT2D eigenvalue weighted by Gasteiger charge is -2.27. The number of sulfonamides is 1. The summed E-state index contributed by atoms with van der Waals surface area (Å²) in [5.74, 6) is 0. The van der Waals surface area contributed by atoms with E-state index in [4.69, 9.17) is 0 Å². The van der Waals surface area contributed by atoms with Gasteiger partial charge in [-0.25, -0.2) is 8.42 Å². The van der Waals surface area contributed by atoms with Crippen LogP contribution in [0.1, 0.15) is 29.7 Å². The van der Waals surface area contributed by atoms with Gasteiger partial charge in [-0.15, -0.1) is 0 Å². The molecule has 0 amide bonds. The van der Waals surface area contributed by atoms with E-state index in [1.807, 2.05) is 45.0 Å². The van der Waals surface area contributed by atoms with E-state index in [0.717, 1.165) is 28.5 Å². The fourth-order valence-corrected chi connectivity index (χ4v) is 4.87. The summed E-state index contributed by atoms with van der Waals surface area (Å²) in [5, 5.41) is 0. The molecule has 0 radical (unpaired) electrons. The summed E-state index contributed by atoms with van der Waals surface area (Å²) in [7, 11) is -3.71. The van der Waals surface area contributed by atoms with Gasteiger partial charge in [-0.2, -0.15) is 4.31 Å². The normalized spacial score (nSPS) is 18.6. The SMILES string of the molecule is CC1=C(C=O)[C@@H](c2ccccc2C)N(S(=O)(=O)c2ccc(C)cc2)C1. The molecule has 0 unspecified atom stereocenters. The average molecular weight is 355 g/mol. The highest BCUT2D eigenvalue weighted by atomic mass is 32.2. The summed E-state index contributed by atoms with van der Waals surface area (Å²) in [4.78, 5) is 11.9. The highest BCUT2D eigenvalue weighted by Gasteiger charge is 2.40. The van der Waals surface area contributed by atoms with Crippen LogP contribution in [0.5, 0.6) is 0 Å². The zero-order chi connectivity index (χ0) is 18.2. The molecule has 1 atom stereocenters. The van der Waals surface area contributed by atoms with E-state index in [1.165, 1.54) is 4.31 Å². The second-order valence-corrected chi connectivity index (χ2v) is 8.37. The van der Waals surface area contributed by atoms with Gasteiger partial charge in [-0.05, 0) is 49.6 Å². The third-order valence-corrected chi connectivity index (χ3v) is 6.53. The number of aryl methyl sites for hydroxylation is 2. The fraction of sp³-hybridized carbons (Fsp3) is 0.250. The Morgan fingerprint density at radius 2 is 1.64 bits per heavy atom. The maximum atomic E-state index is 13.2. The second-order valence-electron chi connectivity index (χ2n) is 6.48. The van der Waals surface area contributed by atoms with Crippen molar-refractivity contribution >= 4 is 16.3 Å². The third kappa shape index (κ3) is 3.05. The summed E-state index contributed by atoms with van der Waals surface area (Å²) < 4.78 is 27.9. The lowest BCUT2D eigenvalue weighted by molar-refractivity contribution is -0.105. The van der Waals surface area contributed by atoms with Crippen molar-refractivity contribution in [2.45, 2.75) is 31.7 Å². The lowest BCUT2D eigenvalue weighted by Crippen LogP contribution is -2.33. The van der Waals surface area contributed by atoms with E-state index in [2.05, 4.69) is 0 Å². The molecular formula is C20H21NO3S. The van der Waals surface area contributed by atoms with Crippen LogP contribution in [0.15, 0.2) is 64.6 Å². The molecule has 130 valence electrons. The number of hydrogen-bond acceptors (Lipinski definition) is 3. The van der Waals surface area contributed by atoms with Crippen LogP contribution in [0, 0.1) is 13.8 Å². The molecule has 0 fully saturated rings. The fourth-order valence-electron chi connectivity index (χ4n) is 3.26. The van der Waals surface area contributed by atoms with Crippen molar-refractivity contribution in [1.29, 1.82) is 0 Å². The van der Waals surface area contributed by atoms with Crippen LogP contribution in [0.3, 0.4) is 0 Å². The summed E-state index contributed by atoms with van der Waals surface area (Å²) in [6.45, 7) is 5.89. The van der Waals surface area contributed by atoms with Crippen molar-refractivity contribution in [2.75, 3.05) is 6.54 Å². The van der Waals surface area contributed by atoms with Gasteiger partial charge in [0.15, 0.2) is 0 Å². The van der Waals surface area contributed by atoms with Crippen LogP contribution in [0.4, 0.5) is 0 Å². The maximum absolute atomic E-state index is 13.2. The Hall–Kier alpha value is -2.24. The average Bonchev–Trinajstić information content (AvgIpc) is 2.92. The molecule has 1 aliphatic rings. The predicted octanol–water partition coefficient (Wildman–Crippen LogP) is 3.56. The molecule has 5 heteroatoms. The molecule has 25 heavy (non-hydrogen) atoms. The van der Waals surface area contributed by atoms with Gasteiger partial charge in [0.1, 0.15) is 6.29 Å². The zero-order valence-corrected chi connectivity index (χ0v) is 15.4. The molecule has 0 aromatic heterocycles. The minimum absolute atomic E-state index is 0.225. The molecule has 0 bridgehead atoms. The van der Waals surface area contributed by atoms with E-state index in [9.17, 15) is 13.2 Å². The molecule has 1 heterocycles. The van der Waals surface area contributed by atoms with Crippen molar-refractivity contribution in [1.82, 2.24) is 4.31 Å². The van der Waals surface area contributed by atoms with Crippen LogP contribution in [0.25, 0.3) is 0 Å². The molecule has 0 N–H and O–H groups in total. The lowest BCUT2D eigenvalue weighted by atomic mass is 9.96. The largest absolute Gasteiger partial charge is 0.298 e. The van der Waals surface area contributed by atoms with E-state index in [1.54, 1.807) is 24.3 Å². The molecule has 2 aromatic carbocycles.